The van der Waals surface area contributed by atoms with Crippen molar-refractivity contribution in [1.82, 2.24) is 0 Å². The van der Waals surface area contributed by atoms with Crippen LogP contribution in [0.25, 0.3) is 21.9 Å². The van der Waals surface area contributed by atoms with Gasteiger partial charge in [-0.1, -0.05) is 30.3 Å². The van der Waals surface area contributed by atoms with E-state index in [0.717, 1.165) is 12.1 Å². The number of phenols is 1. The van der Waals surface area contributed by atoms with Crippen molar-refractivity contribution in [2.24, 2.45) is 0 Å². The lowest BCUT2D eigenvalue weighted by molar-refractivity contribution is 0.0694. The second-order valence-electron chi connectivity index (χ2n) is 4.80. The normalized spacial score (nSPS) is 10.8. The van der Waals surface area contributed by atoms with Gasteiger partial charge >= 0.3 is 5.97 Å². The number of fused-ring (bicyclic) bond motifs is 1. The van der Waals surface area contributed by atoms with Crippen molar-refractivity contribution in [1.29, 1.82) is 0 Å². The summed E-state index contributed by atoms with van der Waals surface area (Å²) in [4.78, 5) is 11.3. The van der Waals surface area contributed by atoms with Crippen LogP contribution >= 0.6 is 0 Å². The summed E-state index contributed by atoms with van der Waals surface area (Å²) < 4.78 is 26.6. The molecule has 0 aliphatic rings. The molecule has 110 valence electrons. The SMILES string of the molecule is O=C(O)c1cc(-c2ccc(F)c(F)c2)c2ccccc2c1O. The fraction of sp³-hybridized carbons (Fsp3) is 0. The summed E-state index contributed by atoms with van der Waals surface area (Å²) in [5.74, 6) is -3.65. The van der Waals surface area contributed by atoms with Crippen LogP contribution < -0.4 is 0 Å². The zero-order chi connectivity index (χ0) is 15.9. The second-order valence-corrected chi connectivity index (χ2v) is 4.80. The lowest BCUT2D eigenvalue weighted by atomic mass is 9.94. The van der Waals surface area contributed by atoms with Crippen molar-refractivity contribution in [3.05, 3.63) is 65.7 Å². The Labute approximate surface area is 124 Å². The van der Waals surface area contributed by atoms with Crippen LogP contribution in [0.4, 0.5) is 8.78 Å². The van der Waals surface area contributed by atoms with Crippen LogP contribution in [0.15, 0.2) is 48.5 Å². The van der Waals surface area contributed by atoms with Crippen molar-refractivity contribution < 1.29 is 23.8 Å². The Kier molecular flexibility index (Phi) is 3.25. The molecular formula is C17H10F2O3. The van der Waals surface area contributed by atoms with Crippen molar-refractivity contribution >= 4 is 16.7 Å². The summed E-state index contributed by atoms with van der Waals surface area (Å²) in [7, 11) is 0. The number of hydrogen-bond donors (Lipinski definition) is 2. The highest BCUT2D eigenvalue weighted by molar-refractivity contribution is 6.07. The summed E-state index contributed by atoms with van der Waals surface area (Å²) in [6.45, 7) is 0. The Morgan fingerprint density at radius 1 is 0.909 bits per heavy atom. The largest absolute Gasteiger partial charge is 0.506 e. The fourth-order valence-corrected chi connectivity index (χ4v) is 2.43. The second kappa shape index (κ2) is 5.11. The first-order valence-electron chi connectivity index (χ1n) is 6.42. The average molecular weight is 300 g/mol. The van der Waals surface area contributed by atoms with Gasteiger partial charge in [0.1, 0.15) is 11.3 Å². The van der Waals surface area contributed by atoms with Crippen molar-refractivity contribution in [2.45, 2.75) is 0 Å². The number of aromatic carboxylic acids is 1. The molecule has 0 spiro atoms. The smallest absolute Gasteiger partial charge is 0.339 e. The van der Waals surface area contributed by atoms with Gasteiger partial charge in [0, 0.05) is 5.39 Å². The molecule has 0 aliphatic heterocycles. The molecule has 5 heteroatoms. The number of hydrogen-bond acceptors (Lipinski definition) is 2. The molecule has 22 heavy (non-hydrogen) atoms. The van der Waals surface area contributed by atoms with Crippen LogP contribution in [0.2, 0.25) is 0 Å². The first-order chi connectivity index (χ1) is 10.5. The van der Waals surface area contributed by atoms with Crippen LogP contribution in [-0.2, 0) is 0 Å². The molecule has 0 saturated heterocycles. The van der Waals surface area contributed by atoms with Crippen LogP contribution in [-0.4, -0.2) is 16.2 Å². The quantitative estimate of drug-likeness (QED) is 0.746. The molecule has 0 bridgehead atoms. The van der Waals surface area contributed by atoms with Gasteiger partial charge in [-0.25, -0.2) is 13.6 Å². The third kappa shape index (κ3) is 2.16. The molecule has 0 atom stereocenters. The molecule has 0 heterocycles. The minimum Gasteiger partial charge on any atom is -0.506 e. The number of carboxylic acids is 1. The van der Waals surface area contributed by atoms with Crippen molar-refractivity contribution in [2.75, 3.05) is 0 Å². The first kappa shape index (κ1) is 14.0. The zero-order valence-corrected chi connectivity index (χ0v) is 11.2. The van der Waals surface area contributed by atoms with Crippen LogP contribution in [0.1, 0.15) is 10.4 Å². The van der Waals surface area contributed by atoms with E-state index in [1.807, 2.05) is 0 Å². The van der Waals surface area contributed by atoms with Gasteiger partial charge < -0.3 is 10.2 Å². The highest BCUT2D eigenvalue weighted by Gasteiger charge is 2.17. The van der Waals surface area contributed by atoms with E-state index in [4.69, 9.17) is 0 Å². The number of benzene rings is 3. The predicted molar refractivity (Wildman–Crippen MR) is 77.9 cm³/mol. The van der Waals surface area contributed by atoms with Gasteiger partial charge in [-0.15, -0.1) is 0 Å². The van der Waals surface area contributed by atoms with Gasteiger partial charge in [0.25, 0.3) is 0 Å². The minimum absolute atomic E-state index is 0.293. The molecule has 3 nitrogen and oxygen atoms in total. The maximum Gasteiger partial charge on any atom is 0.339 e. The Morgan fingerprint density at radius 2 is 1.59 bits per heavy atom. The third-order valence-corrected chi connectivity index (χ3v) is 3.48. The van der Waals surface area contributed by atoms with E-state index >= 15 is 0 Å². The minimum atomic E-state index is -1.30. The number of rotatable bonds is 2. The topological polar surface area (TPSA) is 57.5 Å². The standard InChI is InChI=1S/C17H10F2O3/c18-14-6-5-9(7-15(14)19)12-8-13(17(21)22)16(20)11-4-2-1-3-10(11)12/h1-8,20H,(H,21,22). The molecule has 0 saturated carbocycles. The predicted octanol–water partition coefficient (Wildman–Crippen LogP) is 4.19. The van der Waals surface area contributed by atoms with E-state index in [-0.39, 0.29) is 11.3 Å². The maximum absolute atomic E-state index is 13.5. The van der Waals surface area contributed by atoms with E-state index < -0.39 is 17.6 Å². The number of aromatic hydroxyl groups is 1. The molecule has 0 radical (unpaired) electrons. The molecule has 0 fully saturated rings. The average Bonchev–Trinajstić information content (AvgIpc) is 2.50. The highest BCUT2D eigenvalue weighted by atomic mass is 19.2. The molecule has 0 aromatic heterocycles. The summed E-state index contributed by atoms with van der Waals surface area (Å²) in [5, 5.41) is 20.2. The summed E-state index contributed by atoms with van der Waals surface area (Å²) >= 11 is 0. The van der Waals surface area contributed by atoms with Gasteiger partial charge in [-0.05, 0) is 34.7 Å². The Morgan fingerprint density at radius 3 is 2.23 bits per heavy atom. The molecule has 0 amide bonds. The van der Waals surface area contributed by atoms with E-state index in [9.17, 15) is 23.8 Å². The molecular weight excluding hydrogens is 290 g/mol. The molecule has 3 aromatic carbocycles. The molecule has 3 aromatic rings. The monoisotopic (exact) mass is 300 g/mol. The highest BCUT2D eigenvalue weighted by Crippen LogP contribution is 2.37. The van der Waals surface area contributed by atoms with Crippen molar-refractivity contribution in [3.8, 4) is 16.9 Å². The summed E-state index contributed by atoms with van der Waals surface area (Å²) in [5.41, 5.74) is 0.445. The Hall–Kier alpha value is -2.95. The third-order valence-electron chi connectivity index (χ3n) is 3.48. The van der Waals surface area contributed by atoms with Gasteiger partial charge in [0.15, 0.2) is 11.6 Å². The van der Waals surface area contributed by atoms with E-state index in [1.165, 1.54) is 12.1 Å². The molecule has 0 aliphatic carbocycles. The van der Waals surface area contributed by atoms with Crippen LogP contribution in [0.3, 0.4) is 0 Å². The summed E-state index contributed by atoms with van der Waals surface area (Å²) in [6.07, 6.45) is 0. The maximum atomic E-state index is 13.5. The fourth-order valence-electron chi connectivity index (χ4n) is 2.43. The zero-order valence-electron chi connectivity index (χ0n) is 11.2. The Bertz CT molecular complexity index is 904. The number of halogens is 2. The molecule has 3 rings (SSSR count). The van der Waals surface area contributed by atoms with Gasteiger partial charge in [0.2, 0.25) is 0 Å². The van der Waals surface area contributed by atoms with Crippen LogP contribution in [0, 0.1) is 11.6 Å². The van der Waals surface area contributed by atoms with E-state index in [0.29, 0.717) is 21.9 Å². The van der Waals surface area contributed by atoms with Gasteiger partial charge in [-0.2, -0.15) is 0 Å². The number of carboxylic acid groups (broad SMARTS) is 1. The van der Waals surface area contributed by atoms with E-state index in [2.05, 4.69) is 0 Å². The van der Waals surface area contributed by atoms with E-state index in [1.54, 1.807) is 24.3 Å². The van der Waals surface area contributed by atoms with Gasteiger partial charge in [0.05, 0.1) is 0 Å². The van der Waals surface area contributed by atoms with Crippen molar-refractivity contribution in [3.63, 3.8) is 0 Å². The lowest BCUT2D eigenvalue weighted by Crippen LogP contribution is -1.99. The Balaban J connectivity index is 2.39. The molecule has 2 N–H and O–H groups in total. The van der Waals surface area contributed by atoms with Gasteiger partial charge in [-0.3, -0.25) is 0 Å². The number of carbonyl (C=O) groups is 1. The first-order valence-corrected chi connectivity index (χ1v) is 6.42. The molecule has 0 unspecified atom stereocenters. The van der Waals surface area contributed by atoms with Crippen LogP contribution in [0.5, 0.6) is 5.75 Å². The lowest BCUT2D eigenvalue weighted by Gasteiger charge is -2.11. The summed E-state index contributed by atoms with van der Waals surface area (Å²) in [6, 6.07) is 11.2.